The van der Waals surface area contributed by atoms with Gasteiger partial charge in [0.05, 0.1) is 11.4 Å². The zero-order chi connectivity index (χ0) is 11.5. The fraction of sp³-hybridized carbons (Fsp3) is 0.231. The van der Waals surface area contributed by atoms with Crippen molar-refractivity contribution in [3.63, 3.8) is 0 Å². The van der Waals surface area contributed by atoms with E-state index in [0.29, 0.717) is 6.42 Å². The SMILES string of the molecule is Cc1nn(-c2ccccc2)c(C)c1CC=O. The average Bonchev–Trinajstić information content (AvgIpc) is 2.59. The zero-order valence-electron chi connectivity index (χ0n) is 9.47. The van der Waals surface area contributed by atoms with Gasteiger partial charge >= 0.3 is 0 Å². The first kappa shape index (κ1) is 10.6. The lowest BCUT2D eigenvalue weighted by Crippen LogP contribution is -1.99. The highest BCUT2D eigenvalue weighted by atomic mass is 16.1. The van der Waals surface area contributed by atoms with Gasteiger partial charge in [0, 0.05) is 17.7 Å². The fourth-order valence-corrected chi connectivity index (χ4v) is 1.87. The molecular formula is C13H14N2O. The molecule has 0 aliphatic rings. The number of rotatable bonds is 3. The highest BCUT2D eigenvalue weighted by molar-refractivity contribution is 5.57. The molecule has 1 heterocycles. The number of benzene rings is 1. The van der Waals surface area contributed by atoms with Gasteiger partial charge in [-0.05, 0) is 26.0 Å². The molecule has 0 N–H and O–H groups in total. The molecule has 0 spiro atoms. The average molecular weight is 214 g/mol. The largest absolute Gasteiger partial charge is 0.303 e. The third-order valence-electron chi connectivity index (χ3n) is 2.73. The Balaban J connectivity index is 2.51. The van der Waals surface area contributed by atoms with Crippen molar-refractivity contribution in [2.45, 2.75) is 20.3 Å². The number of hydrogen-bond acceptors (Lipinski definition) is 2. The van der Waals surface area contributed by atoms with Crippen molar-refractivity contribution in [2.75, 3.05) is 0 Å². The maximum atomic E-state index is 10.6. The van der Waals surface area contributed by atoms with Crippen molar-refractivity contribution in [2.24, 2.45) is 0 Å². The van der Waals surface area contributed by atoms with Crippen LogP contribution in [0, 0.1) is 13.8 Å². The Bertz CT molecular complexity index is 500. The van der Waals surface area contributed by atoms with Crippen LogP contribution in [0.2, 0.25) is 0 Å². The Morgan fingerprint density at radius 2 is 1.94 bits per heavy atom. The van der Waals surface area contributed by atoms with Gasteiger partial charge in [-0.25, -0.2) is 4.68 Å². The summed E-state index contributed by atoms with van der Waals surface area (Å²) in [5, 5.41) is 4.46. The summed E-state index contributed by atoms with van der Waals surface area (Å²) in [4.78, 5) is 10.6. The van der Waals surface area contributed by atoms with Crippen LogP contribution >= 0.6 is 0 Å². The van der Waals surface area contributed by atoms with Crippen LogP contribution in [0.15, 0.2) is 30.3 Å². The summed E-state index contributed by atoms with van der Waals surface area (Å²) in [6.45, 7) is 3.93. The summed E-state index contributed by atoms with van der Waals surface area (Å²) in [6.07, 6.45) is 1.36. The molecule has 0 aliphatic carbocycles. The Morgan fingerprint density at radius 3 is 2.56 bits per heavy atom. The second-order valence-electron chi connectivity index (χ2n) is 3.77. The van der Waals surface area contributed by atoms with Gasteiger partial charge in [-0.1, -0.05) is 18.2 Å². The molecule has 82 valence electrons. The number of aromatic nitrogens is 2. The molecule has 1 aromatic heterocycles. The molecule has 1 aromatic carbocycles. The lowest BCUT2D eigenvalue weighted by Gasteiger charge is -2.03. The van der Waals surface area contributed by atoms with E-state index in [9.17, 15) is 4.79 Å². The molecule has 0 unspecified atom stereocenters. The predicted molar refractivity (Wildman–Crippen MR) is 62.8 cm³/mol. The second kappa shape index (κ2) is 4.31. The molecule has 0 bridgehead atoms. The maximum absolute atomic E-state index is 10.6. The maximum Gasteiger partial charge on any atom is 0.124 e. The minimum absolute atomic E-state index is 0.435. The molecule has 16 heavy (non-hydrogen) atoms. The highest BCUT2D eigenvalue weighted by Gasteiger charge is 2.11. The zero-order valence-corrected chi connectivity index (χ0v) is 9.47. The number of carbonyl (C=O) groups excluding carboxylic acids is 1. The second-order valence-corrected chi connectivity index (χ2v) is 3.77. The molecular weight excluding hydrogens is 200 g/mol. The van der Waals surface area contributed by atoms with Crippen LogP contribution in [0.4, 0.5) is 0 Å². The van der Waals surface area contributed by atoms with Crippen molar-refractivity contribution in [1.82, 2.24) is 9.78 Å². The van der Waals surface area contributed by atoms with Crippen LogP contribution in [0.25, 0.3) is 5.69 Å². The Hall–Kier alpha value is -1.90. The van der Waals surface area contributed by atoms with E-state index < -0.39 is 0 Å². The minimum Gasteiger partial charge on any atom is -0.303 e. The number of hydrogen-bond donors (Lipinski definition) is 0. The molecule has 3 nitrogen and oxygen atoms in total. The lowest BCUT2D eigenvalue weighted by atomic mass is 10.1. The summed E-state index contributed by atoms with van der Waals surface area (Å²) in [7, 11) is 0. The lowest BCUT2D eigenvalue weighted by molar-refractivity contribution is -0.107. The third-order valence-corrected chi connectivity index (χ3v) is 2.73. The molecule has 2 rings (SSSR count). The number of carbonyl (C=O) groups is 1. The fourth-order valence-electron chi connectivity index (χ4n) is 1.87. The quantitative estimate of drug-likeness (QED) is 0.734. The van der Waals surface area contributed by atoms with Crippen LogP contribution in [0.3, 0.4) is 0 Å². The number of para-hydroxylation sites is 1. The third kappa shape index (κ3) is 1.76. The van der Waals surface area contributed by atoms with Crippen LogP contribution in [0.5, 0.6) is 0 Å². The van der Waals surface area contributed by atoms with Gasteiger partial charge < -0.3 is 4.79 Å². The van der Waals surface area contributed by atoms with Gasteiger partial charge in [0.25, 0.3) is 0 Å². The Morgan fingerprint density at radius 1 is 1.25 bits per heavy atom. The molecule has 0 aliphatic heterocycles. The molecule has 0 saturated heterocycles. The first-order chi connectivity index (χ1) is 7.74. The smallest absolute Gasteiger partial charge is 0.124 e. The van der Waals surface area contributed by atoms with Crippen LogP contribution in [-0.4, -0.2) is 16.1 Å². The summed E-state index contributed by atoms with van der Waals surface area (Å²) >= 11 is 0. The first-order valence-electron chi connectivity index (χ1n) is 5.28. The molecule has 0 amide bonds. The summed E-state index contributed by atoms with van der Waals surface area (Å²) in [6, 6.07) is 9.94. The normalized spacial score (nSPS) is 10.4. The van der Waals surface area contributed by atoms with E-state index in [0.717, 1.165) is 28.9 Å². The van der Waals surface area contributed by atoms with Gasteiger partial charge in [-0.15, -0.1) is 0 Å². The van der Waals surface area contributed by atoms with E-state index in [1.807, 2.05) is 48.9 Å². The van der Waals surface area contributed by atoms with Crippen molar-refractivity contribution in [1.29, 1.82) is 0 Å². The Kier molecular flexibility index (Phi) is 2.86. The standard InChI is InChI=1S/C13H14N2O/c1-10-13(8-9-16)11(2)15(14-10)12-6-4-3-5-7-12/h3-7,9H,8H2,1-2H3. The van der Waals surface area contributed by atoms with Crippen molar-refractivity contribution in [3.05, 3.63) is 47.3 Å². The van der Waals surface area contributed by atoms with E-state index in [1.54, 1.807) is 0 Å². The molecule has 2 aromatic rings. The van der Waals surface area contributed by atoms with Crippen LogP contribution in [-0.2, 0) is 11.2 Å². The molecule has 0 saturated carbocycles. The predicted octanol–water partition coefficient (Wildman–Crippen LogP) is 2.23. The van der Waals surface area contributed by atoms with Crippen molar-refractivity contribution in [3.8, 4) is 5.69 Å². The number of aryl methyl sites for hydroxylation is 1. The van der Waals surface area contributed by atoms with E-state index in [2.05, 4.69) is 5.10 Å². The van der Waals surface area contributed by atoms with E-state index in [1.165, 1.54) is 0 Å². The topological polar surface area (TPSA) is 34.9 Å². The van der Waals surface area contributed by atoms with Gasteiger partial charge in [0.15, 0.2) is 0 Å². The first-order valence-corrected chi connectivity index (χ1v) is 5.28. The summed E-state index contributed by atoms with van der Waals surface area (Å²) in [5.41, 5.74) is 4.02. The molecule has 0 fully saturated rings. The molecule has 0 atom stereocenters. The van der Waals surface area contributed by atoms with Gasteiger partial charge in [-0.3, -0.25) is 0 Å². The number of nitrogens with zero attached hydrogens (tertiary/aromatic N) is 2. The van der Waals surface area contributed by atoms with Crippen LogP contribution < -0.4 is 0 Å². The van der Waals surface area contributed by atoms with Gasteiger partial charge in [0.2, 0.25) is 0 Å². The van der Waals surface area contributed by atoms with E-state index in [4.69, 9.17) is 0 Å². The molecule has 3 heteroatoms. The van der Waals surface area contributed by atoms with Gasteiger partial charge in [-0.2, -0.15) is 5.10 Å². The summed E-state index contributed by atoms with van der Waals surface area (Å²) in [5.74, 6) is 0. The van der Waals surface area contributed by atoms with Crippen molar-refractivity contribution >= 4 is 6.29 Å². The minimum atomic E-state index is 0.435. The van der Waals surface area contributed by atoms with Crippen molar-refractivity contribution < 1.29 is 4.79 Å². The number of aldehydes is 1. The van der Waals surface area contributed by atoms with E-state index >= 15 is 0 Å². The monoisotopic (exact) mass is 214 g/mol. The van der Waals surface area contributed by atoms with E-state index in [-0.39, 0.29) is 0 Å². The van der Waals surface area contributed by atoms with Gasteiger partial charge in [0.1, 0.15) is 6.29 Å². The Labute approximate surface area is 94.7 Å². The van der Waals surface area contributed by atoms with Crippen LogP contribution in [0.1, 0.15) is 17.0 Å². The summed E-state index contributed by atoms with van der Waals surface area (Å²) < 4.78 is 1.88. The highest BCUT2D eigenvalue weighted by Crippen LogP contribution is 2.17. The molecule has 0 radical (unpaired) electrons.